The van der Waals surface area contributed by atoms with Crippen LogP contribution in [0.15, 0.2) is 24.3 Å². The Morgan fingerprint density at radius 2 is 1.96 bits per heavy atom. The summed E-state index contributed by atoms with van der Waals surface area (Å²) in [7, 11) is 2.23. The van der Waals surface area contributed by atoms with Crippen LogP contribution in [0.2, 0.25) is 0 Å². The van der Waals surface area contributed by atoms with Crippen LogP contribution < -0.4 is 10.6 Å². The maximum absolute atomic E-state index is 11.9. The van der Waals surface area contributed by atoms with E-state index in [9.17, 15) is 9.59 Å². The summed E-state index contributed by atoms with van der Waals surface area (Å²) in [6, 6.07) is 9.22. The molecular weight excluding hydrogens is 340 g/mol. The molecule has 2 heterocycles. The maximum Gasteiger partial charge on any atom is 0.249 e. The van der Waals surface area contributed by atoms with Crippen molar-refractivity contribution < 1.29 is 9.59 Å². The summed E-state index contributed by atoms with van der Waals surface area (Å²) in [5, 5.41) is 5.67. The molecule has 2 aliphatic heterocycles. The van der Waals surface area contributed by atoms with Crippen molar-refractivity contribution in [3.05, 3.63) is 29.8 Å². The normalized spacial score (nSPS) is 22.3. The average molecular weight is 373 g/mol. The fraction of sp³-hybridized carbons (Fsp3) is 0.619. The van der Waals surface area contributed by atoms with E-state index in [1.807, 2.05) is 12.1 Å². The van der Waals surface area contributed by atoms with Crippen LogP contribution in [0, 0.1) is 0 Å². The number of piperidine rings is 2. The van der Waals surface area contributed by atoms with Gasteiger partial charge in [0.05, 0.1) is 0 Å². The number of hydrogen-bond acceptors (Lipinski definition) is 5. The fourth-order valence-electron chi connectivity index (χ4n) is 3.96. The fourth-order valence-corrected chi connectivity index (χ4v) is 3.96. The van der Waals surface area contributed by atoms with Crippen molar-refractivity contribution in [1.29, 1.82) is 0 Å². The van der Waals surface area contributed by atoms with Crippen molar-refractivity contribution in [2.24, 2.45) is 0 Å². The van der Waals surface area contributed by atoms with Gasteiger partial charge in [-0.1, -0.05) is 12.1 Å². The van der Waals surface area contributed by atoms with Crippen molar-refractivity contribution >= 4 is 17.5 Å². The standard InChI is InChI=1S/C21H32N4O2/c1-15(2)24(3)18-9-11-25(12-10-18)14-16-5-4-6-17(13-16)22-19-7-8-20(26)23-21(19)27/h4-6,13,15,18-19,22H,7-12,14H2,1-3H3,(H,23,26,27). The highest BCUT2D eigenvalue weighted by molar-refractivity contribution is 6.01. The second-order valence-electron chi connectivity index (χ2n) is 8.11. The molecule has 0 spiro atoms. The van der Waals surface area contributed by atoms with Gasteiger partial charge in [-0.05, 0) is 70.9 Å². The Kier molecular flexibility index (Phi) is 6.50. The Hall–Kier alpha value is -1.92. The lowest BCUT2D eigenvalue weighted by atomic mass is 10.0. The Morgan fingerprint density at radius 3 is 2.63 bits per heavy atom. The van der Waals surface area contributed by atoms with Gasteiger partial charge in [0.15, 0.2) is 0 Å². The lowest BCUT2D eigenvalue weighted by Gasteiger charge is -2.38. The number of imide groups is 1. The monoisotopic (exact) mass is 372 g/mol. The zero-order valence-corrected chi connectivity index (χ0v) is 16.7. The molecule has 2 amide bonds. The summed E-state index contributed by atoms with van der Waals surface area (Å²) in [4.78, 5) is 28.2. The summed E-state index contributed by atoms with van der Waals surface area (Å²) in [6.45, 7) is 7.68. The quantitative estimate of drug-likeness (QED) is 0.750. The molecule has 2 saturated heterocycles. The van der Waals surface area contributed by atoms with E-state index in [-0.39, 0.29) is 17.9 Å². The van der Waals surface area contributed by atoms with Crippen LogP contribution in [0.5, 0.6) is 0 Å². The molecule has 2 aliphatic rings. The van der Waals surface area contributed by atoms with Gasteiger partial charge in [-0.3, -0.25) is 19.8 Å². The van der Waals surface area contributed by atoms with E-state index in [1.165, 1.54) is 18.4 Å². The second-order valence-corrected chi connectivity index (χ2v) is 8.11. The van der Waals surface area contributed by atoms with Gasteiger partial charge in [0.2, 0.25) is 11.8 Å². The summed E-state index contributed by atoms with van der Waals surface area (Å²) in [5.41, 5.74) is 2.19. The Bertz CT molecular complexity index is 668. The van der Waals surface area contributed by atoms with E-state index in [2.05, 4.69) is 53.5 Å². The van der Waals surface area contributed by atoms with E-state index in [1.54, 1.807) is 0 Å². The summed E-state index contributed by atoms with van der Waals surface area (Å²) < 4.78 is 0. The molecule has 6 nitrogen and oxygen atoms in total. The highest BCUT2D eigenvalue weighted by Crippen LogP contribution is 2.21. The lowest BCUT2D eigenvalue weighted by Crippen LogP contribution is -2.47. The van der Waals surface area contributed by atoms with E-state index < -0.39 is 0 Å². The molecule has 0 saturated carbocycles. The van der Waals surface area contributed by atoms with Gasteiger partial charge in [-0.15, -0.1) is 0 Å². The smallest absolute Gasteiger partial charge is 0.249 e. The van der Waals surface area contributed by atoms with Gasteiger partial charge >= 0.3 is 0 Å². The number of carbonyl (C=O) groups is 2. The SMILES string of the molecule is CC(C)N(C)C1CCN(Cc2cccc(NC3CCC(=O)NC3=O)c2)CC1. The Labute approximate surface area is 162 Å². The van der Waals surface area contributed by atoms with Gasteiger partial charge < -0.3 is 10.2 Å². The number of hydrogen-bond donors (Lipinski definition) is 2. The number of nitrogens with zero attached hydrogens (tertiary/aromatic N) is 2. The molecule has 2 N–H and O–H groups in total. The molecule has 1 aromatic carbocycles. The minimum Gasteiger partial charge on any atom is -0.374 e. The number of carbonyl (C=O) groups excluding carboxylic acids is 2. The van der Waals surface area contributed by atoms with Crippen LogP contribution in [0.3, 0.4) is 0 Å². The minimum absolute atomic E-state index is 0.182. The molecule has 1 atom stereocenters. The second kappa shape index (κ2) is 8.85. The molecule has 1 unspecified atom stereocenters. The molecule has 1 aromatic rings. The van der Waals surface area contributed by atoms with Gasteiger partial charge in [-0.25, -0.2) is 0 Å². The molecule has 148 valence electrons. The number of rotatable bonds is 6. The Balaban J connectivity index is 1.52. The average Bonchev–Trinajstić information content (AvgIpc) is 2.64. The largest absolute Gasteiger partial charge is 0.374 e. The van der Waals surface area contributed by atoms with Crippen LogP contribution in [-0.4, -0.2) is 59.9 Å². The van der Waals surface area contributed by atoms with Gasteiger partial charge in [0.25, 0.3) is 0 Å². The van der Waals surface area contributed by atoms with Crippen molar-refractivity contribution in [2.75, 3.05) is 25.5 Å². The first-order valence-electron chi connectivity index (χ1n) is 10.1. The molecule has 0 bridgehead atoms. The predicted octanol–water partition coefficient (Wildman–Crippen LogP) is 2.21. The van der Waals surface area contributed by atoms with Gasteiger partial charge in [0.1, 0.15) is 6.04 Å². The predicted molar refractivity (Wildman–Crippen MR) is 107 cm³/mol. The summed E-state index contributed by atoms with van der Waals surface area (Å²) in [6.07, 6.45) is 3.36. The molecule has 0 aromatic heterocycles. The minimum atomic E-state index is -0.333. The van der Waals surface area contributed by atoms with Crippen LogP contribution >= 0.6 is 0 Å². The lowest BCUT2D eigenvalue weighted by molar-refractivity contribution is -0.133. The van der Waals surface area contributed by atoms with Gasteiger partial charge in [-0.2, -0.15) is 0 Å². The number of anilines is 1. The third kappa shape index (κ3) is 5.30. The van der Waals surface area contributed by atoms with E-state index in [0.717, 1.165) is 25.3 Å². The first kappa shape index (κ1) is 19.8. The zero-order valence-electron chi connectivity index (χ0n) is 16.7. The van der Waals surface area contributed by atoms with Crippen LogP contribution in [0.4, 0.5) is 5.69 Å². The molecule has 0 aliphatic carbocycles. The van der Waals surface area contributed by atoms with Crippen LogP contribution in [0.25, 0.3) is 0 Å². The summed E-state index contributed by atoms with van der Waals surface area (Å²) in [5.74, 6) is -0.411. The van der Waals surface area contributed by atoms with E-state index in [0.29, 0.717) is 24.9 Å². The van der Waals surface area contributed by atoms with Crippen molar-refractivity contribution in [3.63, 3.8) is 0 Å². The Morgan fingerprint density at radius 1 is 1.22 bits per heavy atom. The number of nitrogens with one attached hydrogen (secondary N) is 2. The van der Waals surface area contributed by atoms with Crippen LogP contribution in [0.1, 0.15) is 45.1 Å². The topological polar surface area (TPSA) is 64.7 Å². The molecule has 0 radical (unpaired) electrons. The highest BCUT2D eigenvalue weighted by atomic mass is 16.2. The number of benzene rings is 1. The summed E-state index contributed by atoms with van der Waals surface area (Å²) >= 11 is 0. The number of amides is 2. The maximum atomic E-state index is 11.9. The molecule has 6 heteroatoms. The van der Waals surface area contributed by atoms with Crippen LogP contribution in [-0.2, 0) is 16.1 Å². The first-order chi connectivity index (χ1) is 12.9. The van der Waals surface area contributed by atoms with E-state index in [4.69, 9.17) is 0 Å². The van der Waals surface area contributed by atoms with Crippen molar-refractivity contribution in [2.45, 2.75) is 64.2 Å². The molecule has 3 rings (SSSR count). The highest BCUT2D eigenvalue weighted by Gasteiger charge is 2.26. The third-order valence-electron chi connectivity index (χ3n) is 5.86. The molecular formula is C21H32N4O2. The molecule has 27 heavy (non-hydrogen) atoms. The first-order valence-corrected chi connectivity index (χ1v) is 10.1. The third-order valence-corrected chi connectivity index (χ3v) is 5.86. The van der Waals surface area contributed by atoms with Crippen molar-refractivity contribution in [1.82, 2.24) is 15.1 Å². The van der Waals surface area contributed by atoms with Gasteiger partial charge in [0, 0.05) is 30.7 Å². The molecule has 2 fully saturated rings. The number of likely N-dealkylation sites (tertiary alicyclic amines) is 1. The zero-order chi connectivity index (χ0) is 19.4. The van der Waals surface area contributed by atoms with Crippen molar-refractivity contribution in [3.8, 4) is 0 Å². The van der Waals surface area contributed by atoms with E-state index >= 15 is 0 Å².